The summed E-state index contributed by atoms with van der Waals surface area (Å²) in [4.78, 5) is 12.3. The first-order valence-corrected chi connectivity index (χ1v) is 10.4. The van der Waals surface area contributed by atoms with E-state index in [1.165, 1.54) is 16.4 Å². The molecule has 0 aromatic heterocycles. The van der Waals surface area contributed by atoms with Crippen LogP contribution in [0.4, 0.5) is 5.69 Å². The molecule has 0 spiro atoms. The Morgan fingerprint density at radius 3 is 2.35 bits per heavy atom. The lowest BCUT2D eigenvalue weighted by Crippen LogP contribution is -2.28. The highest BCUT2D eigenvalue weighted by molar-refractivity contribution is 7.89. The van der Waals surface area contributed by atoms with Gasteiger partial charge in [-0.15, -0.1) is 0 Å². The molecular formula is C18H18Cl2N2O3S. The number of amides is 1. The van der Waals surface area contributed by atoms with Crippen LogP contribution in [-0.4, -0.2) is 31.7 Å². The Morgan fingerprint density at radius 2 is 1.69 bits per heavy atom. The van der Waals surface area contributed by atoms with Gasteiger partial charge in [-0.3, -0.25) is 4.79 Å². The molecule has 138 valence electrons. The van der Waals surface area contributed by atoms with Crippen molar-refractivity contribution in [3.63, 3.8) is 0 Å². The highest BCUT2D eigenvalue weighted by atomic mass is 35.5. The second kappa shape index (κ2) is 7.96. The molecule has 1 saturated heterocycles. The summed E-state index contributed by atoms with van der Waals surface area (Å²) in [6.07, 6.45) is 1.84. The molecule has 5 nitrogen and oxygen atoms in total. The SMILES string of the molecule is O=C(Cc1ccc(Cl)cc1)Nc1ccc(Cl)c(S(=O)(=O)N2CCCC2)c1. The maximum atomic E-state index is 12.7. The number of nitrogens with one attached hydrogen (secondary N) is 1. The van der Waals surface area contributed by atoms with Crippen molar-refractivity contribution < 1.29 is 13.2 Å². The fourth-order valence-corrected chi connectivity index (χ4v) is 4.98. The molecule has 1 N–H and O–H groups in total. The van der Waals surface area contributed by atoms with Crippen molar-refractivity contribution in [2.24, 2.45) is 0 Å². The van der Waals surface area contributed by atoms with Gasteiger partial charge in [-0.05, 0) is 48.7 Å². The molecule has 0 bridgehead atoms. The smallest absolute Gasteiger partial charge is 0.244 e. The van der Waals surface area contributed by atoms with E-state index in [4.69, 9.17) is 23.2 Å². The lowest BCUT2D eigenvalue weighted by Gasteiger charge is -2.17. The van der Waals surface area contributed by atoms with E-state index >= 15 is 0 Å². The predicted octanol–water partition coefficient (Wildman–Crippen LogP) is 3.96. The molecule has 0 aliphatic carbocycles. The van der Waals surface area contributed by atoms with Gasteiger partial charge in [-0.2, -0.15) is 4.31 Å². The molecule has 1 aliphatic rings. The Kier molecular flexibility index (Phi) is 5.87. The largest absolute Gasteiger partial charge is 0.326 e. The van der Waals surface area contributed by atoms with E-state index in [2.05, 4.69) is 5.32 Å². The first-order chi connectivity index (χ1) is 12.4. The van der Waals surface area contributed by atoms with Gasteiger partial charge in [-0.25, -0.2) is 8.42 Å². The number of nitrogens with zero attached hydrogens (tertiary/aromatic N) is 1. The highest BCUT2D eigenvalue weighted by Gasteiger charge is 2.29. The van der Waals surface area contributed by atoms with Crippen LogP contribution in [0.15, 0.2) is 47.4 Å². The molecule has 2 aromatic rings. The molecule has 26 heavy (non-hydrogen) atoms. The fraction of sp³-hybridized carbons (Fsp3) is 0.278. The van der Waals surface area contributed by atoms with Crippen molar-refractivity contribution in [2.45, 2.75) is 24.2 Å². The lowest BCUT2D eigenvalue weighted by molar-refractivity contribution is -0.115. The number of benzene rings is 2. The Hall–Kier alpha value is -1.60. The van der Waals surface area contributed by atoms with Crippen molar-refractivity contribution in [1.29, 1.82) is 0 Å². The lowest BCUT2D eigenvalue weighted by atomic mass is 10.1. The van der Waals surface area contributed by atoms with E-state index in [0.717, 1.165) is 18.4 Å². The van der Waals surface area contributed by atoms with Crippen molar-refractivity contribution in [1.82, 2.24) is 4.31 Å². The van der Waals surface area contributed by atoms with Crippen LogP contribution in [0.1, 0.15) is 18.4 Å². The molecule has 1 aliphatic heterocycles. The van der Waals surface area contributed by atoms with Gasteiger partial charge in [0.25, 0.3) is 0 Å². The van der Waals surface area contributed by atoms with Crippen LogP contribution in [0.2, 0.25) is 10.0 Å². The summed E-state index contributed by atoms with van der Waals surface area (Å²) in [6, 6.07) is 11.5. The molecule has 0 radical (unpaired) electrons. The zero-order valence-corrected chi connectivity index (χ0v) is 16.2. The molecule has 0 saturated carbocycles. The first kappa shape index (κ1) is 19.2. The first-order valence-electron chi connectivity index (χ1n) is 8.20. The highest BCUT2D eigenvalue weighted by Crippen LogP contribution is 2.29. The van der Waals surface area contributed by atoms with Gasteiger partial charge >= 0.3 is 0 Å². The summed E-state index contributed by atoms with van der Waals surface area (Å²) in [5.74, 6) is -0.251. The van der Waals surface area contributed by atoms with Crippen LogP contribution >= 0.6 is 23.2 Å². The zero-order valence-electron chi connectivity index (χ0n) is 13.9. The molecule has 1 fully saturated rings. The molecule has 3 rings (SSSR count). The molecule has 8 heteroatoms. The second-order valence-electron chi connectivity index (χ2n) is 6.11. The Balaban J connectivity index is 1.76. The van der Waals surface area contributed by atoms with Crippen LogP contribution in [0.3, 0.4) is 0 Å². The average Bonchev–Trinajstić information content (AvgIpc) is 3.14. The average molecular weight is 413 g/mol. The van der Waals surface area contributed by atoms with Crippen molar-refractivity contribution in [3.05, 3.63) is 58.1 Å². The van der Waals surface area contributed by atoms with E-state index in [1.54, 1.807) is 30.3 Å². The van der Waals surface area contributed by atoms with E-state index in [1.807, 2.05) is 0 Å². The molecule has 2 aromatic carbocycles. The van der Waals surface area contributed by atoms with E-state index in [-0.39, 0.29) is 22.2 Å². The third kappa shape index (κ3) is 4.38. The van der Waals surface area contributed by atoms with Gasteiger partial charge in [0.15, 0.2) is 0 Å². The molecular weight excluding hydrogens is 395 g/mol. The second-order valence-corrected chi connectivity index (χ2v) is 8.86. The molecule has 1 heterocycles. The van der Waals surface area contributed by atoms with Crippen molar-refractivity contribution in [2.75, 3.05) is 18.4 Å². The Bertz CT molecular complexity index is 909. The van der Waals surface area contributed by atoms with Crippen LogP contribution in [0, 0.1) is 0 Å². The number of anilines is 1. The number of hydrogen-bond donors (Lipinski definition) is 1. The van der Waals surface area contributed by atoms with Crippen LogP contribution in [0.25, 0.3) is 0 Å². The monoisotopic (exact) mass is 412 g/mol. The summed E-state index contributed by atoms with van der Waals surface area (Å²) in [5.41, 5.74) is 1.21. The van der Waals surface area contributed by atoms with Crippen LogP contribution in [-0.2, 0) is 21.2 Å². The quantitative estimate of drug-likeness (QED) is 0.807. The number of carbonyl (C=O) groups is 1. The van der Waals surface area contributed by atoms with E-state index < -0.39 is 10.0 Å². The molecule has 0 unspecified atom stereocenters. The van der Waals surface area contributed by atoms with Gasteiger partial charge in [-0.1, -0.05) is 35.3 Å². The summed E-state index contributed by atoms with van der Waals surface area (Å²) in [5, 5.41) is 3.47. The van der Waals surface area contributed by atoms with Gasteiger partial charge in [0.2, 0.25) is 15.9 Å². The Morgan fingerprint density at radius 1 is 1.04 bits per heavy atom. The third-order valence-electron chi connectivity index (χ3n) is 4.18. The number of hydrogen-bond acceptors (Lipinski definition) is 3. The van der Waals surface area contributed by atoms with Gasteiger partial charge in [0.1, 0.15) is 4.90 Å². The summed E-state index contributed by atoms with van der Waals surface area (Å²) < 4.78 is 26.9. The molecule has 0 atom stereocenters. The summed E-state index contributed by atoms with van der Waals surface area (Å²) in [6.45, 7) is 0.984. The summed E-state index contributed by atoms with van der Waals surface area (Å²) >= 11 is 11.9. The maximum absolute atomic E-state index is 12.7. The fourth-order valence-electron chi connectivity index (χ4n) is 2.84. The van der Waals surface area contributed by atoms with Crippen molar-refractivity contribution >= 4 is 44.8 Å². The summed E-state index contributed by atoms with van der Waals surface area (Å²) in [7, 11) is -3.66. The van der Waals surface area contributed by atoms with E-state index in [9.17, 15) is 13.2 Å². The maximum Gasteiger partial charge on any atom is 0.244 e. The minimum absolute atomic E-state index is 0.0189. The van der Waals surface area contributed by atoms with Gasteiger partial charge < -0.3 is 5.32 Å². The minimum atomic E-state index is -3.66. The van der Waals surface area contributed by atoms with Crippen LogP contribution < -0.4 is 5.32 Å². The number of sulfonamides is 1. The normalized spacial score (nSPS) is 15.2. The number of halogens is 2. The topological polar surface area (TPSA) is 66.5 Å². The zero-order chi connectivity index (χ0) is 18.7. The van der Waals surface area contributed by atoms with Gasteiger partial charge in [0.05, 0.1) is 11.4 Å². The third-order valence-corrected chi connectivity index (χ3v) is 6.81. The number of rotatable bonds is 5. The molecule has 1 amide bonds. The number of carbonyl (C=O) groups excluding carboxylic acids is 1. The standard InChI is InChI=1S/C18H18Cl2N2O3S/c19-14-5-3-13(4-6-14)11-18(23)21-15-7-8-16(20)17(12-15)26(24,25)22-9-1-2-10-22/h3-8,12H,1-2,9-11H2,(H,21,23). The minimum Gasteiger partial charge on any atom is -0.326 e. The predicted molar refractivity (Wildman–Crippen MR) is 103 cm³/mol. The van der Waals surface area contributed by atoms with Crippen LogP contribution in [0.5, 0.6) is 0 Å². The van der Waals surface area contributed by atoms with Crippen molar-refractivity contribution in [3.8, 4) is 0 Å². The van der Waals surface area contributed by atoms with Gasteiger partial charge in [0, 0.05) is 23.8 Å². The Labute approximate surface area is 163 Å². The van der Waals surface area contributed by atoms with E-state index in [0.29, 0.717) is 23.8 Å².